The number of anilines is 3. The molecule has 62 heavy (non-hydrogen) atoms. The van der Waals surface area contributed by atoms with Gasteiger partial charge in [-0.25, -0.2) is 0 Å². The van der Waals surface area contributed by atoms with Crippen LogP contribution in [0.1, 0.15) is 0 Å². The van der Waals surface area contributed by atoms with Gasteiger partial charge in [0, 0.05) is 60.2 Å². The molecule has 0 bridgehead atoms. The number of hydrogen-bond acceptors (Lipinski definition) is 3. The van der Waals surface area contributed by atoms with Crippen molar-refractivity contribution in [3.05, 3.63) is 218 Å². The maximum Gasteiger partial charge on any atom is 0.143 e. The monoisotopic (exact) mass is 792 g/mol. The smallest absolute Gasteiger partial charge is 0.143 e. The standard InChI is InChI=1S/C58H36N2O2/c1-2-16-42-37(14-1)30-34-48-57-47(21-13-27-56(57)62-58(42)48)45-19-6-9-23-51(45)59(40-33-35-55-49(36-40)46-20-7-12-26-54(46)61-55)39-31-28-38(29-32-39)41-15-3-8-22-50(41)60-52-24-10-4-17-43(52)44-18-5-11-25-53(44)60/h1-36H. The van der Waals surface area contributed by atoms with E-state index in [9.17, 15) is 0 Å². The number of furan rings is 2. The number of benzene rings is 10. The topological polar surface area (TPSA) is 34.5 Å². The lowest BCUT2D eigenvalue weighted by Crippen LogP contribution is -2.11. The molecule has 0 amide bonds. The van der Waals surface area contributed by atoms with Gasteiger partial charge in [0.1, 0.15) is 22.3 Å². The minimum absolute atomic E-state index is 0.863. The zero-order chi connectivity index (χ0) is 40.7. The minimum atomic E-state index is 0.863. The number of rotatable bonds is 6. The molecule has 0 N–H and O–H groups in total. The number of aromatic nitrogens is 1. The van der Waals surface area contributed by atoms with Crippen molar-refractivity contribution < 1.29 is 8.83 Å². The van der Waals surface area contributed by atoms with Crippen molar-refractivity contribution in [2.75, 3.05) is 4.90 Å². The lowest BCUT2D eigenvalue weighted by atomic mass is 9.96. The van der Waals surface area contributed by atoms with Crippen molar-refractivity contribution in [1.29, 1.82) is 0 Å². The Morgan fingerprint density at radius 3 is 1.79 bits per heavy atom. The fourth-order valence-electron chi connectivity index (χ4n) is 9.84. The average Bonchev–Trinajstić information content (AvgIpc) is 4.02. The molecular weight excluding hydrogens is 757 g/mol. The summed E-state index contributed by atoms with van der Waals surface area (Å²) in [6.45, 7) is 0. The van der Waals surface area contributed by atoms with Gasteiger partial charge in [0.05, 0.1) is 22.4 Å². The zero-order valence-electron chi connectivity index (χ0n) is 33.5. The second-order valence-electron chi connectivity index (χ2n) is 16.0. The van der Waals surface area contributed by atoms with Crippen molar-refractivity contribution in [2.24, 2.45) is 0 Å². The van der Waals surface area contributed by atoms with Crippen molar-refractivity contribution in [3.8, 4) is 27.9 Å². The van der Waals surface area contributed by atoms with Crippen molar-refractivity contribution in [3.63, 3.8) is 0 Å². The predicted octanol–water partition coefficient (Wildman–Crippen LogP) is 16.5. The van der Waals surface area contributed by atoms with Crippen molar-refractivity contribution >= 4 is 93.5 Å². The Morgan fingerprint density at radius 1 is 0.355 bits per heavy atom. The highest BCUT2D eigenvalue weighted by atomic mass is 16.3. The summed E-state index contributed by atoms with van der Waals surface area (Å²) in [4.78, 5) is 2.38. The first-order valence-electron chi connectivity index (χ1n) is 21.1. The van der Waals surface area contributed by atoms with Crippen LogP contribution in [0.4, 0.5) is 17.1 Å². The van der Waals surface area contributed by atoms with E-state index in [1.165, 1.54) is 21.8 Å². The average molecular weight is 793 g/mol. The Morgan fingerprint density at radius 2 is 0.968 bits per heavy atom. The van der Waals surface area contributed by atoms with Crippen LogP contribution in [-0.2, 0) is 0 Å². The van der Waals surface area contributed by atoms with Gasteiger partial charge in [0.25, 0.3) is 0 Å². The van der Waals surface area contributed by atoms with Crippen molar-refractivity contribution in [2.45, 2.75) is 0 Å². The first kappa shape index (κ1) is 34.5. The molecular formula is C58H36N2O2. The SMILES string of the molecule is c1ccc(N(c2ccc(-c3ccccc3-n3c4ccccc4c4ccccc43)cc2)c2ccc3oc4ccccc4c3c2)c(-c2cccc3oc4c5ccccc5ccc4c23)c1. The van der Waals surface area contributed by atoms with Gasteiger partial charge in [0.15, 0.2) is 0 Å². The largest absolute Gasteiger partial charge is 0.456 e. The third-order valence-corrected chi connectivity index (χ3v) is 12.6. The Bertz CT molecular complexity index is 3830. The molecule has 4 heteroatoms. The van der Waals surface area contributed by atoms with E-state index in [-0.39, 0.29) is 0 Å². The predicted molar refractivity (Wildman–Crippen MR) is 258 cm³/mol. The molecule has 4 nitrogen and oxygen atoms in total. The van der Waals surface area contributed by atoms with E-state index in [1.807, 2.05) is 12.1 Å². The molecule has 0 saturated heterocycles. The van der Waals surface area contributed by atoms with E-state index >= 15 is 0 Å². The van der Waals surface area contributed by atoms with Gasteiger partial charge in [-0.1, -0.05) is 146 Å². The molecule has 0 spiro atoms. The second kappa shape index (κ2) is 13.6. The van der Waals surface area contributed by atoms with Crippen LogP contribution in [0.3, 0.4) is 0 Å². The van der Waals surface area contributed by atoms with Gasteiger partial charge in [0.2, 0.25) is 0 Å². The van der Waals surface area contributed by atoms with E-state index in [2.05, 4.69) is 216 Å². The van der Waals surface area contributed by atoms with Crippen molar-refractivity contribution in [1.82, 2.24) is 4.57 Å². The lowest BCUT2D eigenvalue weighted by molar-refractivity contribution is 0.669. The van der Waals surface area contributed by atoms with Gasteiger partial charge in [-0.15, -0.1) is 0 Å². The van der Waals surface area contributed by atoms with Crippen LogP contribution in [0.15, 0.2) is 227 Å². The molecule has 290 valence electrons. The van der Waals surface area contributed by atoms with Crippen LogP contribution < -0.4 is 4.90 Å². The summed E-state index contributed by atoms with van der Waals surface area (Å²) in [5, 5.41) is 9.15. The molecule has 13 rings (SSSR count). The third-order valence-electron chi connectivity index (χ3n) is 12.6. The normalized spacial score (nSPS) is 11.9. The Hall–Kier alpha value is -8.34. The highest BCUT2D eigenvalue weighted by Crippen LogP contribution is 2.47. The summed E-state index contributed by atoms with van der Waals surface area (Å²) in [6, 6.07) is 78.0. The molecule has 0 unspecified atom stereocenters. The fourth-order valence-corrected chi connectivity index (χ4v) is 9.84. The van der Waals surface area contributed by atoms with Gasteiger partial charge in [-0.3, -0.25) is 0 Å². The van der Waals surface area contributed by atoms with Gasteiger partial charge in [-0.05, 0) is 89.3 Å². The van der Waals surface area contributed by atoms with Crippen LogP contribution >= 0.6 is 0 Å². The molecule has 3 aromatic heterocycles. The first-order valence-corrected chi connectivity index (χ1v) is 21.1. The van der Waals surface area contributed by atoms with Gasteiger partial charge >= 0.3 is 0 Å². The second-order valence-corrected chi connectivity index (χ2v) is 16.0. The van der Waals surface area contributed by atoms with E-state index in [1.54, 1.807) is 0 Å². The molecule has 10 aromatic carbocycles. The molecule has 0 fully saturated rings. The van der Waals surface area contributed by atoms with Crippen LogP contribution in [0.2, 0.25) is 0 Å². The number of hydrogen-bond donors (Lipinski definition) is 0. The van der Waals surface area contributed by atoms with Crippen LogP contribution in [0, 0.1) is 0 Å². The summed E-state index contributed by atoms with van der Waals surface area (Å²) < 4.78 is 15.4. The van der Waals surface area contributed by atoms with Gasteiger partial charge < -0.3 is 18.3 Å². The third kappa shape index (κ3) is 5.20. The van der Waals surface area contributed by atoms with E-state index < -0.39 is 0 Å². The Labute approximate surface area is 356 Å². The quantitative estimate of drug-likeness (QED) is 0.168. The van der Waals surface area contributed by atoms with Crippen LogP contribution in [0.5, 0.6) is 0 Å². The van der Waals surface area contributed by atoms with Crippen LogP contribution in [0.25, 0.3) is 104 Å². The molecule has 3 heterocycles. The maximum atomic E-state index is 6.69. The van der Waals surface area contributed by atoms with E-state index in [0.29, 0.717) is 0 Å². The molecule has 0 aliphatic rings. The molecule has 0 atom stereocenters. The first-order chi connectivity index (χ1) is 30.8. The highest BCUT2D eigenvalue weighted by molar-refractivity contribution is 6.20. The Balaban J connectivity index is 1.01. The molecule has 0 aliphatic heterocycles. The zero-order valence-corrected chi connectivity index (χ0v) is 33.5. The highest BCUT2D eigenvalue weighted by Gasteiger charge is 2.23. The Kier molecular flexibility index (Phi) is 7.57. The summed E-state index contributed by atoms with van der Waals surface area (Å²) in [6.07, 6.45) is 0. The summed E-state index contributed by atoms with van der Waals surface area (Å²) >= 11 is 0. The van der Waals surface area contributed by atoms with E-state index in [0.717, 1.165) is 99.7 Å². The van der Waals surface area contributed by atoms with Crippen LogP contribution in [-0.4, -0.2) is 4.57 Å². The molecule has 0 aliphatic carbocycles. The molecule has 0 saturated carbocycles. The van der Waals surface area contributed by atoms with Gasteiger partial charge in [-0.2, -0.15) is 0 Å². The fraction of sp³-hybridized carbons (Fsp3) is 0. The lowest BCUT2D eigenvalue weighted by Gasteiger charge is -2.28. The molecule has 13 aromatic rings. The minimum Gasteiger partial charge on any atom is -0.456 e. The summed E-state index contributed by atoms with van der Waals surface area (Å²) in [5.41, 5.74) is 14.7. The number of nitrogens with zero attached hydrogens (tertiary/aromatic N) is 2. The summed E-state index contributed by atoms with van der Waals surface area (Å²) in [5.74, 6) is 0. The number of fused-ring (bicyclic) bond motifs is 11. The number of para-hydroxylation sites is 5. The summed E-state index contributed by atoms with van der Waals surface area (Å²) in [7, 11) is 0. The maximum absolute atomic E-state index is 6.69. The molecule has 0 radical (unpaired) electrons. The van der Waals surface area contributed by atoms with E-state index in [4.69, 9.17) is 8.83 Å².